The Balaban J connectivity index is 0.780. The number of nitrogens with zero attached hydrogens (tertiary/aromatic N) is 3. The fourth-order valence-electron chi connectivity index (χ4n) is 11.7. The number of anilines is 1. The number of aliphatic hydroxyl groups excluding tert-OH is 1. The molecule has 1 fully saturated rings. The molecule has 7 atom stereocenters. The number of benzene rings is 4. The third-order valence-electron chi connectivity index (χ3n) is 16.4. The molecule has 1 saturated heterocycles. The van der Waals surface area contributed by atoms with Crippen LogP contribution in [0.4, 0.5) is 10.1 Å². The lowest BCUT2D eigenvalue weighted by atomic mass is 9.85. The number of primary amides is 1. The Labute approximate surface area is 522 Å². The van der Waals surface area contributed by atoms with Crippen molar-refractivity contribution >= 4 is 94.0 Å². The minimum atomic E-state index is -5.08. The highest BCUT2D eigenvalue weighted by molar-refractivity contribution is 7.70. The number of aromatic amines is 1. The van der Waals surface area contributed by atoms with Gasteiger partial charge in [0.15, 0.2) is 11.6 Å². The number of carbonyl (C=O) groups is 8. The van der Waals surface area contributed by atoms with E-state index in [1.165, 1.54) is 46.2 Å². The lowest BCUT2D eigenvalue weighted by molar-refractivity contribution is -0.144. The van der Waals surface area contributed by atoms with E-state index in [1.807, 2.05) is 50.2 Å². The number of hydrogen-bond acceptors (Lipinski definition) is 13. The Kier molecular flexibility index (Phi) is 20.3. The molecule has 0 radical (unpaired) electrons. The highest BCUT2D eigenvalue weighted by atomic mass is 35.5. The van der Waals surface area contributed by atoms with E-state index < -0.39 is 108 Å². The van der Waals surface area contributed by atoms with E-state index in [0.717, 1.165) is 27.3 Å². The summed E-state index contributed by atoms with van der Waals surface area (Å²) < 4.78 is 33.9. The third kappa shape index (κ3) is 15.4. The van der Waals surface area contributed by atoms with E-state index in [-0.39, 0.29) is 85.7 Å². The first kappa shape index (κ1) is 65.6. The van der Waals surface area contributed by atoms with Crippen molar-refractivity contribution in [1.29, 1.82) is 0 Å². The minimum Gasteiger partial charge on any atom is -0.488 e. The van der Waals surface area contributed by atoms with Gasteiger partial charge in [0.05, 0.1) is 40.0 Å². The first-order valence-corrected chi connectivity index (χ1v) is 32.3. The van der Waals surface area contributed by atoms with Crippen LogP contribution in [-0.2, 0) is 52.6 Å². The number of fused-ring (bicyclic) bond motifs is 1. The number of aliphatic hydroxyl groups is 1. The fourth-order valence-corrected chi connectivity index (χ4v) is 13.2. The molecule has 7 amide bonds. The predicted octanol–water partition coefficient (Wildman–Crippen LogP) is 7.02. The molecule has 0 bridgehead atoms. The van der Waals surface area contributed by atoms with Crippen LogP contribution < -0.4 is 36.6 Å². The third-order valence-corrected chi connectivity index (χ3v) is 18.4. The van der Waals surface area contributed by atoms with Crippen molar-refractivity contribution in [3.63, 3.8) is 0 Å². The molecule has 2 unspecified atom stereocenters. The largest absolute Gasteiger partial charge is 0.488 e. The lowest BCUT2D eigenvalue weighted by Gasteiger charge is -2.35. The second-order valence-corrected chi connectivity index (χ2v) is 26.9. The molecule has 4 aromatic carbocycles. The summed E-state index contributed by atoms with van der Waals surface area (Å²) in [5, 5.41) is 22.8. The number of ether oxygens (including phenoxy) is 1. The van der Waals surface area contributed by atoms with Crippen LogP contribution in [-0.4, -0.2) is 126 Å². The van der Waals surface area contributed by atoms with E-state index in [1.54, 1.807) is 43.7 Å². The number of thiazole rings is 1. The van der Waals surface area contributed by atoms with E-state index in [4.69, 9.17) is 22.1 Å². The first-order valence-electron chi connectivity index (χ1n) is 29.4. The van der Waals surface area contributed by atoms with E-state index in [0.29, 0.717) is 47.8 Å². The highest BCUT2D eigenvalue weighted by Crippen LogP contribution is 2.41. The lowest BCUT2D eigenvalue weighted by Crippen LogP contribution is -2.57. The molecule has 89 heavy (non-hydrogen) atoms. The average Bonchev–Trinajstić information content (AvgIpc) is 1.83. The normalized spacial score (nSPS) is 18.4. The van der Waals surface area contributed by atoms with Gasteiger partial charge in [0.25, 0.3) is 11.4 Å². The molecule has 26 heteroatoms. The summed E-state index contributed by atoms with van der Waals surface area (Å²) in [4.78, 5) is 138. The van der Waals surface area contributed by atoms with Crippen molar-refractivity contribution in [3.05, 3.63) is 134 Å². The molecule has 22 nitrogen and oxygen atoms in total. The van der Waals surface area contributed by atoms with Crippen LogP contribution >= 0.6 is 30.5 Å². The van der Waals surface area contributed by atoms with Crippen LogP contribution in [0.2, 0.25) is 5.02 Å². The quantitative estimate of drug-likeness (QED) is 0.0217. The zero-order valence-corrected chi connectivity index (χ0v) is 52.2. The van der Waals surface area contributed by atoms with Crippen LogP contribution in [0.1, 0.15) is 134 Å². The number of β-amino-alcohol motifs (C(OH)–C–C–N with tert-alkyl or cyclic N) is 1. The summed E-state index contributed by atoms with van der Waals surface area (Å²) in [5.41, 5.74) is 10.3. The van der Waals surface area contributed by atoms with E-state index >= 15 is 4.39 Å². The average molecular weight is 1280 g/mol. The molecule has 10 N–H and O–H groups in total. The summed E-state index contributed by atoms with van der Waals surface area (Å²) in [7, 11) is -5.08. The predicted molar refractivity (Wildman–Crippen MR) is 331 cm³/mol. The maximum absolute atomic E-state index is 16.3. The topological polar surface area (TPSA) is 333 Å². The molecule has 0 saturated carbocycles. The number of halogens is 2. The second-order valence-electron chi connectivity index (χ2n) is 24.1. The van der Waals surface area contributed by atoms with Crippen LogP contribution in [0, 0.1) is 18.2 Å². The number of hydrogen-bond donors (Lipinski definition) is 9. The Morgan fingerprint density at radius 1 is 0.933 bits per heavy atom. The highest BCUT2D eigenvalue weighted by Gasteiger charge is 2.46. The van der Waals surface area contributed by atoms with Gasteiger partial charge in [-0.2, -0.15) is 0 Å². The Hall–Kier alpha value is -7.86. The molecule has 2 aromatic heterocycles. The number of carbonyl (C=O) groups excluding carboxylic acids is 8. The Morgan fingerprint density at radius 3 is 2.36 bits per heavy atom. The SMILES string of the molecule is Cc1ncsc1-c1ccc([C@H](C)NC(=O)C2C[C@@H](O)CN2C(=O)[C@@H](NC(=O)CCCCCc2cc(Cl)cc(OC[C@H](CCC(N)=O)NC(=O)C3Cc4cccc5c4N3C(=O)[C@@H](NC(=O)c3cc4cc(C(=O)P(=O)(O)O)ccc4[nH]3)CC5)c2F)C(C)(C)C)cc1. The monoisotopic (exact) mass is 1280 g/mol. The summed E-state index contributed by atoms with van der Waals surface area (Å²) >= 11 is 8.05. The number of likely N-dealkylation sites (tertiary alicyclic amines) is 1. The molecular weight excluding hydrogens is 1210 g/mol. The van der Waals surface area contributed by atoms with Crippen molar-refractivity contribution in [2.24, 2.45) is 11.1 Å². The number of unbranched alkanes of at least 4 members (excludes halogenated alkanes) is 2. The number of aryl methyl sites for hydroxylation is 3. The number of nitrogens with one attached hydrogen (secondary N) is 5. The van der Waals surface area contributed by atoms with Gasteiger partial charge in [0.1, 0.15) is 36.5 Å². The number of aromatic nitrogens is 2. The summed E-state index contributed by atoms with van der Waals surface area (Å²) in [6.45, 7) is 8.78. The molecule has 3 aliphatic rings. The molecule has 5 heterocycles. The van der Waals surface area contributed by atoms with E-state index in [9.17, 15) is 57.8 Å². The number of H-pyrrole nitrogens is 1. The first-order chi connectivity index (χ1) is 42.1. The van der Waals surface area contributed by atoms with Crippen LogP contribution in [0.5, 0.6) is 5.75 Å². The van der Waals surface area contributed by atoms with Gasteiger partial charge in [-0.1, -0.05) is 81.3 Å². The minimum absolute atomic E-state index is 0.000347. The van der Waals surface area contributed by atoms with Crippen molar-refractivity contribution in [1.82, 2.24) is 36.1 Å². The van der Waals surface area contributed by atoms with Gasteiger partial charge in [-0.3, -0.25) is 47.8 Å². The van der Waals surface area contributed by atoms with Gasteiger partial charge in [0.2, 0.25) is 35.4 Å². The van der Waals surface area contributed by atoms with Crippen LogP contribution in [0.3, 0.4) is 0 Å². The van der Waals surface area contributed by atoms with Crippen molar-refractivity contribution in [2.45, 2.75) is 148 Å². The number of amides is 7. The zero-order valence-electron chi connectivity index (χ0n) is 49.8. The van der Waals surface area contributed by atoms with Gasteiger partial charge in [-0.05, 0) is 116 Å². The standard InChI is InChI=1S/C63H72ClFN9O13PS/c1-33(35-14-16-37(17-15-35)55-34(2)67-32-89-55)68-58(79)48-29-44(75)30-73(48)61(82)56(63(3,4)5)72-52(77)13-8-6-7-10-38-25-42(64)28-50(53(38)65)87-31-43(20-23-51(66)76)69-59(80)49-27-39-12-9-11-36-18-22-46(60(81)74(49)54(36)39)71-57(78)47-26-41-24-40(19-21-45(41)70-47)62(83)88(84,85)86/h9,11-12,14-17,19,21,24-26,28,32-33,43-44,46,48-49,56,70,75H,6-8,10,13,18,20,22-23,27,29-31H2,1-5H3,(H2,66,76)(H,68,79)(H,69,80)(H,71,78)(H,72,77)(H2,84,85,86)/t33-,43-,44+,46-,48?,49?,56+/m0/s1. The number of nitrogens with two attached hydrogens (primary N) is 1. The van der Waals surface area contributed by atoms with Gasteiger partial charge >= 0.3 is 7.60 Å². The van der Waals surface area contributed by atoms with Crippen LogP contribution in [0.15, 0.2) is 84.4 Å². The summed E-state index contributed by atoms with van der Waals surface area (Å²) in [6.07, 6.45) is 1.06. The second kappa shape index (κ2) is 27.5. The Bertz CT molecular complexity index is 3770. The number of para-hydroxylation sites is 1. The molecular formula is C63H72ClFN9O13PS. The van der Waals surface area contributed by atoms with Crippen LogP contribution in [0.25, 0.3) is 21.3 Å². The molecule has 3 aliphatic heterocycles. The molecule has 0 aliphatic carbocycles. The van der Waals surface area contributed by atoms with Gasteiger partial charge < -0.3 is 56.5 Å². The molecule has 0 spiro atoms. The van der Waals surface area contributed by atoms with Gasteiger partial charge in [0, 0.05) is 59.8 Å². The van der Waals surface area contributed by atoms with Gasteiger partial charge in [-0.15, -0.1) is 11.3 Å². The van der Waals surface area contributed by atoms with Crippen molar-refractivity contribution in [2.75, 3.05) is 18.1 Å². The van der Waals surface area contributed by atoms with Crippen molar-refractivity contribution < 1.29 is 66.9 Å². The summed E-state index contributed by atoms with van der Waals surface area (Å²) in [5.74, 6) is -4.79. The smallest absolute Gasteiger partial charge is 0.396 e. The Morgan fingerprint density at radius 2 is 1.66 bits per heavy atom. The van der Waals surface area contributed by atoms with E-state index in [2.05, 4.69) is 31.2 Å². The zero-order chi connectivity index (χ0) is 64.2. The van der Waals surface area contributed by atoms with Gasteiger partial charge in [-0.25, -0.2) is 9.37 Å². The maximum Gasteiger partial charge on any atom is 0.396 e. The maximum atomic E-state index is 16.3. The molecule has 9 rings (SSSR count). The number of rotatable bonds is 24. The van der Waals surface area contributed by atoms with Crippen molar-refractivity contribution in [3.8, 4) is 16.2 Å². The fraction of sp³-hybridized carbons (Fsp3) is 0.413. The molecule has 6 aromatic rings. The molecule has 472 valence electrons. The summed E-state index contributed by atoms with van der Waals surface area (Å²) in [6, 6.07) is 15.7.